The van der Waals surface area contributed by atoms with Gasteiger partial charge in [-0.3, -0.25) is 0 Å². The summed E-state index contributed by atoms with van der Waals surface area (Å²) in [6.07, 6.45) is 0. The molecule has 0 radical (unpaired) electrons. The second-order valence-electron chi connectivity index (χ2n) is 4.20. The Kier molecular flexibility index (Phi) is 2.87. The molecule has 0 aliphatic heterocycles. The third kappa shape index (κ3) is 1.81. The summed E-state index contributed by atoms with van der Waals surface area (Å²) < 4.78 is 11.3. The predicted molar refractivity (Wildman–Crippen MR) is 72.4 cm³/mol. The molecule has 3 aromatic rings. The maximum absolute atomic E-state index is 5.96. The number of ether oxygens (including phenoxy) is 1. The highest BCUT2D eigenvalue weighted by atomic mass is 16.5. The quantitative estimate of drug-likeness (QED) is 0.680. The average molecular weight is 238 g/mol. The van der Waals surface area contributed by atoms with Crippen LogP contribution in [-0.2, 0) is 11.3 Å². The molecule has 0 saturated carbocycles. The van der Waals surface area contributed by atoms with E-state index in [4.69, 9.17) is 9.15 Å². The van der Waals surface area contributed by atoms with Gasteiger partial charge >= 0.3 is 0 Å². The normalized spacial score (nSPS) is 10.9. The number of methoxy groups -OCH3 is 1. The number of rotatable bonds is 3. The van der Waals surface area contributed by atoms with E-state index in [1.807, 2.05) is 36.4 Å². The first-order chi connectivity index (χ1) is 8.90. The molecule has 2 nitrogen and oxygen atoms in total. The van der Waals surface area contributed by atoms with Gasteiger partial charge in [-0.05, 0) is 6.07 Å². The molecule has 0 aliphatic rings. The Morgan fingerprint density at radius 2 is 1.67 bits per heavy atom. The highest BCUT2D eigenvalue weighted by Crippen LogP contribution is 2.33. The third-order valence-electron chi connectivity index (χ3n) is 3.02. The van der Waals surface area contributed by atoms with Crippen molar-refractivity contribution in [1.82, 2.24) is 0 Å². The van der Waals surface area contributed by atoms with E-state index in [0.717, 1.165) is 27.9 Å². The highest BCUT2D eigenvalue weighted by molar-refractivity contribution is 5.87. The van der Waals surface area contributed by atoms with Gasteiger partial charge in [-0.2, -0.15) is 0 Å². The highest BCUT2D eigenvalue weighted by Gasteiger charge is 2.14. The average Bonchev–Trinajstić information content (AvgIpc) is 2.80. The van der Waals surface area contributed by atoms with Crippen LogP contribution in [0.3, 0.4) is 0 Å². The largest absolute Gasteiger partial charge is 0.456 e. The Morgan fingerprint density at radius 1 is 0.944 bits per heavy atom. The molecule has 0 N–H and O–H groups in total. The summed E-state index contributed by atoms with van der Waals surface area (Å²) in [4.78, 5) is 0. The van der Waals surface area contributed by atoms with E-state index in [-0.39, 0.29) is 0 Å². The molecule has 1 heterocycles. The zero-order valence-electron chi connectivity index (χ0n) is 10.2. The Labute approximate surface area is 106 Å². The monoisotopic (exact) mass is 238 g/mol. The van der Waals surface area contributed by atoms with Crippen LogP contribution in [0.2, 0.25) is 0 Å². The van der Waals surface area contributed by atoms with Crippen molar-refractivity contribution in [3.05, 3.63) is 60.2 Å². The van der Waals surface area contributed by atoms with Gasteiger partial charge in [0.2, 0.25) is 0 Å². The Balaban J connectivity index is 2.25. The summed E-state index contributed by atoms with van der Waals surface area (Å²) in [5.74, 6) is 0.902. The second-order valence-corrected chi connectivity index (χ2v) is 4.20. The zero-order valence-corrected chi connectivity index (χ0v) is 10.2. The molecule has 0 atom stereocenters. The standard InChI is InChI=1S/C16H14O2/c1-17-11-14-13-9-5-6-10-15(13)18-16(14)12-7-3-2-4-8-12/h2-10H,11H2,1H3. The summed E-state index contributed by atoms with van der Waals surface area (Å²) in [5, 5.41) is 1.12. The lowest BCUT2D eigenvalue weighted by atomic mass is 10.1. The predicted octanol–water partition coefficient (Wildman–Crippen LogP) is 4.25. The molecule has 0 spiro atoms. The van der Waals surface area contributed by atoms with Gasteiger partial charge in [-0.15, -0.1) is 0 Å². The van der Waals surface area contributed by atoms with Crippen LogP contribution in [0.25, 0.3) is 22.3 Å². The molecular weight excluding hydrogens is 224 g/mol. The lowest BCUT2D eigenvalue weighted by Gasteiger charge is -2.01. The molecule has 18 heavy (non-hydrogen) atoms. The topological polar surface area (TPSA) is 22.4 Å². The number of furan rings is 1. The number of benzene rings is 2. The van der Waals surface area contributed by atoms with E-state index < -0.39 is 0 Å². The fraction of sp³-hybridized carbons (Fsp3) is 0.125. The third-order valence-corrected chi connectivity index (χ3v) is 3.02. The fourth-order valence-electron chi connectivity index (χ4n) is 2.21. The van der Waals surface area contributed by atoms with Crippen molar-refractivity contribution in [3.63, 3.8) is 0 Å². The molecule has 2 heteroatoms. The summed E-state index contributed by atoms with van der Waals surface area (Å²) in [6, 6.07) is 18.2. The number of para-hydroxylation sites is 1. The van der Waals surface area contributed by atoms with Crippen molar-refractivity contribution in [3.8, 4) is 11.3 Å². The zero-order chi connectivity index (χ0) is 12.4. The Morgan fingerprint density at radius 3 is 2.44 bits per heavy atom. The lowest BCUT2D eigenvalue weighted by molar-refractivity contribution is 0.185. The van der Waals surface area contributed by atoms with Crippen molar-refractivity contribution in [2.24, 2.45) is 0 Å². The fourth-order valence-corrected chi connectivity index (χ4v) is 2.21. The first-order valence-electron chi connectivity index (χ1n) is 5.95. The number of hydrogen-bond donors (Lipinski definition) is 0. The van der Waals surface area contributed by atoms with Crippen LogP contribution in [-0.4, -0.2) is 7.11 Å². The van der Waals surface area contributed by atoms with E-state index in [2.05, 4.69) is 18.2 Å². The van der Waals surface area contributed by atoms with E-state index in [1.54, 1.807) is 7.11 Å². The van der Waals surface area contributed by atoms with Gasteiger partial charge < -0.3 is 9.15 Å². The van der Waals surface area contributed by atoms with Crippen LogP contribution in [0.15, 0.2) is 59.0 Å². The van der Waals surface area contributed by atoms with Crippen molar-refractivity contribution in [2.45, 2.75) is 6.61 Å². The van der Waals surface area contributed by atoms with Crippen molar-refractivity contribution < 1.29 is 9.15 Å². The molecule has 0 bridgehead atoms. The van der Waals surface area contributed by atoms with Crippen LogP contribution >= 0.6 is 0 Å². The van der Waals surface area contributed by atoms with Gasteiger partial charge in [0.25, 0.3) is 0 Å². The minimum Gasteiger partial charge on any atom is -0.456 e. The molecule has 0 fully saturated rings. The van der Waals surface area contributed by atoms with Crippen LogP contribution < -0.4 is 0 Å². The molecule has 0 aliphatic carbocycles. The van der Waals surface area contributed by atoms with Gasteiger partial charge in [0.05, 0.1) is 6.61 Å². The molecule has 90 valence electrons. The van der Waals surface area contributed by atoms with Crippen LogP contribution in [0.5, 0.6) is 0 Å². The van der Waals surface area contributed by atoms with Crippen molar-refractivity contribution in [1.29, 1.82) is 0 Å². The molecule has 0 amide bonds. The number of hydrogen-bond acceptors (Lipinski definition) is 2. The van der Waals surface area contributed by atoms with Gasteiger partial charge in [-0.1, -0.05) is 48.5 Å². The summed E-state index contributed by atoms with van der Waals surface area (Å²) in [5.41, 5.74) is 3.10. The Bertz CT molecular complexity index is 653. The minimum absolute atomic E-state index is 0.557. The number of fused-ring (bicyclic) bond motifs is 1. The lowest BCUT2D eigenvalue weighted by Crippen LogP contribution is -1.88. The van der Waals surface area contributed by atoms with Gasteiger partial charge in [0.1, 0.15) is 11.3 Å². The molecular formula is C16H14O2. The van der Waals surface area contributed by atoms with E-state index >= 15 is 0 Å². The Hall–Kier alpha value is -2.06. The van der Waals surface area contributed by atoms with E-state index in [9.17, 15) is 0 Å². The van der Waals surface area contributed by atoms with Crippen LogP contribution in [0, 0.1) is 0 Å². The van der Waals surface area contributed by atoms with Gasteiger partial charge in [0.15, 0.2) is 0 Å². The minimum atomic E-state index is 0.557. The van der Waals surface area contributed by atoms with Crippen LogP contribution in [0.1, 0.15) is 5.56 Å². The smallest absolute Gasteiger partial charge is 0.140 e. The maximum atomic E-state index is 5.96. The molecule has 3 rings (SSSR count). The van der Waals surface area contributed by atoms with Crippen LogP contribution in [0.4, 0.5) is 0 Å². The van der Waals surface area contributed by atoms with E-state index in [1.165, 1.54) is 0 Å². The SMILES string of the molecule is COCc1c(-c2ccccc2)oc2ccccc12. The summed E-state index contributed by atoms with van der Waals surface area (Å²) in [7, 11) is 1.70. The first-order valence-corrected chi connectivity index (χ1v) is 5.95. The summed E-state index contributed by atoms with van der Waals surface area (Å²) >= 11 is 0. The first kappa shape index (κ1) is 11.1. The molecule has 1 aromatic heterocycles. The van der Waals surface area contributed by atoms with Crippen molar-refractivity contribution >= 4 is 11.0 Å². The van der Waals surface area contributed by atoms with Gasteiger partial charge in [-0.25, -0.2) is 0 Å². The summed E-state index contributed by atoms with van der Waals surface area (Å²) in [6.45, 7) is 0.557. The molecule has 0 unspecified atom stereocenters. The second kappa shape index (κ2) is 4.67. The molecule has 0 saturated heterocycles. The molecule has 2 aromatic carbocycles. The van der Waals surface area contributed by atoms with Gasteiger partial charge in [0, 0.05) is 23.6 Å². The van der Waals surface area contributed by atoms with E-state index in [0.29, 0.717) is 6.61 Å². The van der Waals surface area contributed by atoms with Crippen molar-refractivity contribution in [2.75, 3.05) is 7.11 Å². The maximum Gasteiger partial charge on any atom is 0.140 e.